The molecule has 0 aromatic heterocycles. The standard InChI is InChI=1S/C50H37N/c1-34-26-28-39(29-27-34)51(47-25-15-12-16-35(47)2)40-30-31-43-46(32-40)41-23-13-14-24-42(41)49-45(37-19-8-4-9-20-37)33-44(36-17-6-3-7-18-36)48(50(43)49)38-21-10-5-11-22-38/h3-33H,1-2H3. The van der Waals surface area contributed by atoms with Gasteiger partial charge in [-0.25, -0.2) is 0 Å². The molecule has 0 spiro atoms. The van der Waals surface area contributed by atoms with Crippen LogP contribution in [-0.2, 0) is 0 Å². The van der Waals surface area contributed by atoms with Crippen molar-refractivity contribution in [3.05, 3.63) is 199 Å². The van der Waals surface area contributed by atoms with E-state index in [4.69, 9.17) is 0 Å². The highest BCUT2D eigenvalue weighted by atomic mass is 15.1. The summed E-state index contributed by atoms with van der Waals surface area (Å²) in [5.74, 6) is 0. The van der Waals surface area contributed by atoms with Crippen LogP contribution in [0.3, 0.4) is 0 Å². The Balaban J connectivity index is 1.46. The van der Waals surface area contributed by atoms with E-state index in [1.807, 2.05) is 0 Å². The van der Waals surface area contributed by atoms with Crippen LogP contribution in [0.25, 0.3) is 65.7 Å². The van der Waals surface area contributed by atoms with Crippen LogP contribution >= 0.6 is 0 Å². The Bertz CT molecular complexity index is 2680. The van der Waals surface area contributed by atoms with Gasteiger partial charge in [0.2, 0.25) is 0 Å². The Kier molecular flexibility index (Phi) is 7.67. The van der Waals surface area contributed by atoms with Gasteiger partial charge in [-0.3, -0.25) is 0 Å². The number of benzene rings is 9. The molecule has 0 aliphatic heterocycles. The van der Waals surface area contributed by atoms with E-state index in [1.165, 1.54) is 82.5 Å². The smallest absolute Gasteiger partial charge is 0.0490 e. The number of anilines is 3. The zero-order chi connectivity index (χ0) is 34.3. The third-order valence-electron chi connectivity index (χ3n) is 10.2. The topological polar surface area (TPSA) is 3.24 Å². The van der Waals surface area contributed by atoms with Gasteiger partial charge in [-0.1, -0.05) is 157 Å². The van der Waals surface area contributed by atoms with Crippen molar-refractivity contribution in [2.45, 2.75) is 13.8 Å². The van der Waals surface area contributed by atoms with Gasteiger partial charge in [-0.05, 0) is 122 Å². The van der Waals surface area contributed by atoms with Gasteiger partial charge in [0, 0.05) is 17.1 Å². The molecule has 0 fully saturated rings. The molecule has 0 atom stereocenters. The lowest BCUT2D eigenvalue weighted by Crippen LogP contribution is -2.11. The first-order valence-electron chi connectivity index (χ1n) is 17.7. The predicted octanol–water partition coefficient (Wildman–Crippen LogP) is 14.2. The Hall–Kier alpha value is -6.44. The second-order valence-electron chi connectivity index (χ2n) is 13.4. The van der Waals surface area contributed by atoms with Crippen molar-refractivity contribution in [2.24, 2.45) is 0 Å². The monoisotopic (exact) mass is 651 g/mol. The van der Waals surface area contributed by atoms with Crippen LogP contribution in [0.5, 0.6) is 0 Å². The van der Waals surface area contributed by atoms with Crippen LogP contribution < -0.4 is 4.90 Å². The lowest BCUT2D eigenvalue weighted by Gasteiger charge is -2.28. The second-order valence-corrected chi connectivity index (χ2v) is 13.4. The molecule has 1 nitrogen and oxygen atoms in total. The highest BCUT2D eigenvalue weighted by Crippen LogP contribution is 2.50. The molecule has 0 amide bonds. The van der Waals surface area contributed by atoms with E-state index < -0.39 is 0 Å². The summed E-state index contributed by atoms with van der Waals surface area (Å²) >= 11 is 0. The fourth-order valence-corrected chi connectivity index (χ4v) is 7.81. The van der Waals surface area contributed by atoms with Gasteiger partial charge in [0.05, 0.1) is 0 Å². The van der Waals surface area contributed by atoms with Gasteiger partial charge in [-0.15, -0.1) is 0 Å². The molecule has 9 aromatic rings. The van der Waals surface area contributed by atoms with Crippen molar-refractivity contribution in [1.29, 1.82) is 0 Å². The minimum Gasteiger partial charge on any atom is -0.310 e. The first-order chi connectivity index (χ1) is 25.2. The highest BCUT2D eigenvalue weighted by molar-refractivity contribution is 6.33. The molecule has 0 unspecified atom stereocenters. The average Bonchev–Trinajstić information content (AvgIpc) is 3.20. The van der Waals surface area contributed by atoms with Crippen molar-refractivity contribution in [3.8, 4) is 33.4 Å². The maximum absolute atomic E-state index is 2.43. The molecule has 0 N–H and O–H groups in total. The fraction of sp³-hybridized carbons (Fsp3) is 0.0400. The normalized spacial score (nSPS) is 11.3. The van der Waals surface area contributed by atoms with Crippen molar-refractivity contribution in [2.75, 3.05) is 4.90 Å². The van der Waals surface area contributed by atoms with Crippen LogP contribution in [0.2, 0.25) is 0 Å². The molecule has 1 heteroatoms. The Labute approximate surface area is 299 Å². The number of hydrogen-bond donors (Lipinski definition) is 0. The van der Waals surface area contributed by atoms with Gasteiger partial charge >= 0.3 is 0 Å². The van der Waals surface area contributed by atoms with E-state index >= 15 is 0 Å². The van der Waals surface area contributed by atoms with Gasteiger partial charge in [0.1, 0.15) is 0 Å². The number of para-hydroxylation sites is 1. The molecule has 0 heterocycles. The summed E-state index contributed by atoms with van der Waals surface area (Å²) in [7, 11) is 0. The highest BCUT2D eigenvalue weighted by Gasteiger charge is 2.23. The summed E-state index contributed by atoms with van der Waals surface area (Å²) in [5, 5.41) is 7.55. The van der Waals surface area contributed by atoms with Crippen molar-refractivity contribution in [3.63, 3.8) is 0 Å². The Morgan fingerprint density at radius 3 is 1.55 bits per heavy atom. The summed E-state index contributed by atoms with van der Waals surface area (Å²) in [5.41, 5.74) is 13.3. The second kappa shape index (κ2) is 12.8. The van der Waals surface area contributed by atoms with E-state index in [9.17, 15) is 0 Å². The van der Waals surface area contributed by atoms with Crippen LogP contribution in [0.4, 0.5) is 17.1 Å². The maximum atomic E-state index is 2.43. The van der Waals surface area contributed by atoms with Crippen molar-refractivity contribution >= 4 is 49.4 Å². The SMILES string of the molecule is Cc1ccc(N(c2ccc3c(c2)c2ccccc2c2c(-c4ccccc4)cc(-c4ccccc4)c(-c4ccccc4)c32)c2ccccc2C)cc1. The molecule has 0 saturated carbocycles. The minimum atomic E-state index is 1.13. The number of fused-ring (bicyclic) bond motifs is 6. The van der Waals surface area contributed by atoms with E-state index in [1.54, 1.807) is 0 Å². The van der Waals surface area contributed by atoms with Crippen molar-refractivity contribution < 1.29 is 0 Å². The molecule has 0 bridgehead atoms. The third-order valence-corrected chi connectivity index (χ3v) is 10.2. The van der Waals surface area contributed by atoms with E-state index in [2.05, 4.69) is 207 Å². The van der Waals surface area contributed by atoms with Gasteiger partial charge in [0.25, 0.3) is 0 Å². The van der Waals surface area contributed by atoms with Gasteiger partial charge in [-0.2, -0.15) is 0 Å². The summed E-state index contributed by atoms with van der Waals surface area (Å²) in [6, 6.07) is 68.7. The van der Waals surface area contributed by atoms with Gasteiger partial charge in [0.15, 0.2) is 0 Å². The van der Waals surface area contributed by atoms with E-state index in [0.717, 1.165) is 11.4 Å². The fourth-order valence-electron chi connectivity index (χ4n) is 7.81. The van der Waals surface area contributed by atoms with Crippen molar-refractivity contribution in [1.82, 2.24) is 0 Å². The van der Waals surface area contributed by atoms with E-state index in [0.29, 0.717) is 0 Å². The average molecular weight is 652 g/mol. The Morgan fingerprint density at radius 1 is 0.353 bits per heavy atom. The molecular formula is C50H37N. The molecular weight excluding hydrogens is 615 g/mol. The zero-order valence-corrected chi connectivity index (χ0v) is 28.8. The Morgan fingerprint density at radius 2 is 0.882 bits per heavy atom. The molecule has 0 radical (unpaired) electrons. The minimum absolute atomic E-state index is 1.13. The summed E-state index contributed by atoms with van der Waals surface area (Å²) in [4.78, 5) is 2.40. The molecule has 0 aliphatic carbocycles. The third kappa shape index (κ3) is 5.35. The summed E-state index contributed by atoms with van der Waals surface area (Å²) in [6.07, 6.45) is 0. The number of aryl methyl sites for hydroxylation is 2. The zero-order valence-electron chi connectivity index (χ0n) is 28.8. The largest absolute Gasteiger partial charge is 0.310 e. The quantitative estimate of drug-likeness (QED) is 0.162. The predicted molar refractivity (Wildman–Crippen MR) is 219 cm³/mol. The summed E-state index contributed by atoms with van der Waals surface area (Å²) in [6.45, 7) is 4.34. The molecule has 51 heavy (non-hydrogen) atoms. The first-order valence-corrected chi connectivity index (χ1v) is 17.7. The molecule has 9 rings (SSSR count). The first kappa shape index (κ1) is 30.6. The van der Waals surface area contributed by atoms with E-state index in [-0.39, 0.29) is 0 Å². The number of hydrogen-bond acceptors (Lipinski definition) is 1. The molecule has 0 aliphatic rings. The van der Waals surface area contributed by atoms with Gasteiger partial charge < -0.3 is 4.90 Å². The van der Waals surface area contributed by atoms with Crippen LogP contribution in [-0.4, -0.2) is 0 Å². The molecule has 242 valence electrons. The number of rotatable bonds is 6. The lowest BCUT2D eigenvalue weighted by atomic mass is 9.81. The molecule has 0 saturated heterocycles. The molecule has 9 aromatic carbocycles. The maximum Gasteiger partial charge on any atom is 0.0490 e. The summed E-state index contributed by atoms with van der Waals surface area (Å²) < 4.78 is 0. The van der Waals surface area contributed by atoms with Crippen LogP contribution in [0.1, 0.15) is 11.1 Å². The van der Waals surface area contributed by atoms with Crippen LogP contribution in [0.15, 0.2) is 188 Å². The van der Waals surface area contributed by atoms with Crippen LogP contribution in [0, 0.1) is 13.8 Å². The number of nitrogens with zero attached hydrogens (tertiary/aromatic N) is 1. The lowest BCUT2D eigenvalue weighted by molar-refractivity contribution is 1.25.